The lowest BCUT2D eigenvalue weighted by Crippen LogP contribution is -2.49. The third-order valence-corrected chi connectivity index (χ3v) is 3.40. The molecule has 0 atom stereocenters. The largest absolute Gasteiger partial charge is 0.395 e. The first-order valence-electron chi connectivity index (χ1n) is 5.35. The Bertz CT molecular complexity index is 523. The molecule has 1 aliphatic rings. The van der Waals surface area contributed by atoms with E-state index in [1.807, 2.05) is 23.7 Å². The summed E-state index contributed by atoms with van der Waals surface area (Å²) in [6.07, 6.45) is 1.80. The molecular weight excluding hydrogens is 204 g/mol. The SMILES string of the molecule is Cn1cnc2cc(C3(CO)COC3)ccc21. The van der Waals surface area contributed by atoms with E-state index in [1.54, 1.807) is 6.33 Å². The minimum Gasteiger partial charge on any atom is -0.395 e. The van der Waals surface area contributed by atoms with Gasteiger partial charge in [0.1, 0.15) is 0 Å². The zero-order valence-corrected chi connectivity index (χ0v) is 9.18. The summed E-state index contributed by atoms with van der Waals surface area (Å²) >= 11 is 0. The maximum Gasteiger partial charge on any atom is 0.0955 e. The number of aryl methyl sites for hydroxylation is 1. The molecule has 0 bridgehead atoms. The second-order valence-corrected chi connectivity index (χ2v) is 4.49. The van der Waals surface area contributed by atoms with E-state index >= 15 is 0 Å². The fourth-order valence-electron chi connectivity index (χ4n) is 2.16. The molecular formula is C12H14N2O2. The number of hydrogen-bond donors (Lipinski definition) is 1. The van der Waals surface area contributed by atoms with Crippen LogP contribution in [0, 0.1) is 0 Å². The average molecular weight is 218 g/mol. The van der Waals surface area contributed by atoms with Crippen molar-refractivity contribution in [3.63, 3.8) is 0 Å². The van der Waals surface area contributed by atoms with Crippen molar-refractivity contribution in [2.75, 3.05) is 19.8 Å². The van der Waals surface area contributed by atoms with Crippen LogP contribution >= 0.6 is 0 Å². The normalized spacial score (nSPS) is 18.6. The maximum absolute atomic E-state index is 9.46. The Hall–Kier alpha value is -1.39. The number of aromatic nitrogens is 2. The highest BCUT2D eigenvalue weighted by Gasteiger charge is 2.39. The molecule has 2 aromatic rings. The van der Waals surface area contributed by atoms with Crippen molar-refractivity contribution in [3.8, 4) is 0 Å². The molecule has 3 rings (SSSR count). The van der Waals surface area contributed by atoms with Gasteiger partial charge in [-0.2, -0.15) is 0 Å². The molecule has 1 fully saturated rings. The monoisotopic (exact) mass is 218 g/mol. The number of imidazole rings is 1. The standard InChI is InChI=1S/C12H14N2O2/c1-14-8-13-10-4-9(2-3-11(10)14)12(5-15)6-16-7-12/h2-4,8,15H,5-7H2,1H3. The third-order valence-electron chi connectivity index (χ3n) is 3.40. The summed E-state index contributed by atoms with van der Waals surface area (Å²) in [5.74, 6) is 0. The van der Waals surface area contributed by atoms with Gasteiger partial charge < -0.3 is 14.4 Å². The van der Waals surface area contributed by atoms with E-state index < -0.39 is 0 Å². The molecule has 0 spiro atoms. The molecule has 84 valence electrons. The second kappa shape index (κ2) is 3.30. The van der Waals surface area contributed by atoms with Gasteiger partial charge in [0.25, 0.3) is 0 Å². The Kier molecular flexibility index (Phi) is 2.02. The number of hydrogen-bond acceptors (Lipinski definition) is 3. The smallest absolute Gasteiger partial charge is 0.0955 e. The Balaban J connectivity index is 2.11. The highest BCUT2D eigenvalue weighted by molar-refractivity contribution is 5.76. The van der Waals surface area contributed by atoms with Crippen molar-refractivity contribution in [3.05, 3.63) is 30.1 Å². The number of rotatable bonds is 2. The van der Waals surface area contributed by atoms with Gasteiger partial charge in [-0.05, 0) is 17.7 Å². The van der Waals surface area contributed by atoms with Gasteiger partial charge in [0, 0.05) is 7.05 Å². The lowest BCUT2D eigenvalue weighted by atomic mass is 9.79. The van der Waals surface area contributed by atoms with Crippen LogP contribution < -0.4 is 0 Å². The van der Waals surface area contributed by atoms with Crippen molar-refractivity contribution >= 4 is 11.0 Å². The summed E-state index contributed by atoms with van der Waals surface area (Å²) in [6.45, 7) is 1.33. The Labute approximate surface area is 93.5 Å². The number of fused-ring (bicyclic) bond motifs is 1. The Morgan fingerprint density at radius 1 is 1.50 bits per heavy atom. The van der Waals surface area contributed by atoms with Crippen LogP contribution in [-0.4, -0.2) is 34.5 Å². The van der Waals surface area contributed by atoms with Crippen molar-refractivity contribution in [2.24, 2.45) is 7.05 Å². The van der Waals surface area contributed by atoms with E-state index in [-0.39, 0.29) is 12.0 Å². The average Bonchev–Trinajstić information content (AvgIpc) is 2.60. The lowest BCUT2D eigenvalue weighted by Gasteiger charge is -2.40. The maximum atomic E-state index is 9.46. The molecule has 1 aromatic heterocycles. The number of aliphatic hydroxyl groups excluding tert-OH is 1. The number of benzene rings is 1. The highest BCUT2D eigenvalue weighted by atomic mass is 16.5. The van der Waals surface area contributed by atoms with Gasteiger partial charge in [-0.1, -0.05) is 6.07 Å². The molecule has 1 saturated heterocycles. The van der Waals surface area contributed by atoms with Gasteiger partial charge in [-0.3, -0.25) is 0 Å². The van der Waals surface area contributed by atoms with Crippen molar-refractivity contribution < 1.29 is 9.84 Å². The van der Waals surface area contributed by atoms with E-state index in [0.29, 0.717) is 13.2 Å². The first kappa shape index (κ1) is 9.81. The summed E-state index contributed by atoms with van der Waals surface area (Å²) in [4.78, 5) is 4.33. The summed E-state index contributed by atoms with van der Waals surface area (Å²) in [5, 5.41) is 9.46. The molecule has 4 nitrogen and oxygen atoms in total. The van der Waals surface area contributed by atoms with Crippen molar-refractivity contribution in [1.29, 1.82) is 0 Å². The van der Waals surface area contributed by atoms with Gasteiger partial charge in [0.05, 0.1) is 42.6 Å². The van der Waals surface area contributed by atoms with Gasteiger partial charge >= 0.3 is 0 Å². The zero-order chi connectivity index (χ0) is 11.2. The van der Waals surface area contributed by atoms with E-state index in [2.05, 4.69) is 11.1 Å². The van der Waals surface area contributed by atoms with Crippen molar-refractivity contribution in [1.82, 2.24) is 9.55 Å². The van der Waals surface area contributed by atoms with Crippen LogP contribution in [0.5, 0.6) is 0 Å². The second-order valence-electron chi connectivity index (χ2n) is 4.49. The lowest BCUT2D eigenvalue weighted by molar-refractivity contribution is -0.0841. The number of ether oxygens (including phenoxy) is 1. The van der Waals surface area contributed by atoms with Gasteiger partial charge in [-0.15, -0.1) is 0 Å². The first-order chi connectivity index (χ1) is 7.75. The van der Waals surface area contributed by atoms with Gasteiger partial charge in [-0.25, -0.2) is 4.98 Å². The number of aliphatic hydroxyl groups is 1. The highest BCUT2D eigenvalue weighted by Crippen LogP contribution is 2.33. The van der Waals surface area contributed by atoms with Crippen LogP contribution in [0.15, 0.2) is 24.5 Å². The molecule has 1 N–H and O–H groups in total. The summed E-state index contributed by atoms with van der Waals surface area (Å²) in [5.41, 5.74) is 3.00. The molecule has 0 aliphatic carbocycles. The van der Waals surface area contributed by atoms with Crippen LogP contribution in [0.4, 0.5) is 0 Å². The predicted molar refractivity (Wildman–Crippen MR) is 60.3 cm³/mol. The molecule has 1 aromatic carbocycles. The minimum atomic E-state index is -0.203. The molecule has 1 aliphatic heterocycles. The van der Waals surface area contributed by atoms with Crippen LogP contribution in [0.2, 0.25) is 0 Å². The van der Waals surface area contributed by atoms with Crippen LogP contribution in [0.25, 0.3) is 11.0 Å². The van der Waals surface area contributed by atoms with Crippen LogP contribution in [-0.2, 0) is 17.2 Å². The molecule has 0 unspecified atom stereocenters. The van der Waals surface area contributed by atoms with Crippen LogP contribution in [0.1, 0.15) is 5.56 Å². The molecule has 4 heteroatoms. The van der Waals surface area contributed by atoms with E-state index in [4.69, 9.17) is 4.74 Å². The Morgan fingerprint density at radius 2 is 2.31 bits per heavy atom. The first-order valence-corrected chi connectivity index (χ1v) is 5.35. The molecule has 0 amide bonds. The predicted octanol–water partition coefficient (Wildman–Crippen LogP) is 0.834. The quantitative estimate of drug-likeness (QED) is 0.812. The third kappa shape index (κ3) is 1.20. The Morgan fingerprint density at radius 3 is 2.94 bits per heavy atom. The van der Waals surface area contributed by atoms with Crippen molar-refractivity contribution in [2.45, 2.75) is 5.41 Å². The topological polar surface area (TPSA) is 47.3 Å². The zero-order valence-electron chi connectivity index (χ0n) is 9.18. The summed E-state index contributed by atoms with van der Waals surface area (Å²) < 4.78 is 7.20. The van der Waals surface area contributed by atoms with Crippen LogP contribution in [0.3, 0.4) is 0 Å². The summed E-state index contributed by atoms with van der Waals surface area (Å²) in [7, 11) is 1.98. The molecule has 16 heavy (non-hydrogen) atoms. The minimum absolute atomic E-state index is 0.130. The molecule has 2 heterocycles. The molecule has 0 saturated carbocycles. The fourth-order valence-corrected chi connectivity index (χ4v) is 2.16. The fraction of sp³-hybridized carbons (Fsp3) is 0.417. The molecule has 0 radical (unpaired) electrons. The van der Waals surface area contributed by atoms with E-state index in [0.717, 1.165) is 16.6 Å². The van der Waals surface area contributed by atoms with E-state index in [1.165, 1.54) is 0 Å². The van der Waals surface area contributed by atoms with Gasteiger partial charge in [0.2, 0.25) is 0 Å². The van der Waals surface area contributed by atoms with Gasteiger partial charge in [0.15, 0.2) is 0 Å². The number of nitrogens with zero attached hydrogens (tertiary/aromatic N) is 2. The van der Waals surface area contributed by atoms with E-state index in [9.17, 15) is 5.11 Å². The summed E-state index contributed by atoms with van der Waals surface area (Å²) in [6, 6.07) is 6.16.